The second-order valence-corrected chi connectivity index (χ2v) is 4.12. The van der Waals surface area contributed by atoms with E-state index in [0.29, 0.717) is 12.2 Å². The Morgan fingerprint density at radius 1 is 1.29 bits per heavy atom. The first-order valence-electron chi connectivity index (χ1n) is 5.93. The standard InChI is InChI=1S/C12H22O2/c1-3-5-6-7-8-10-11(13)9-12(10)14-4-2/h10,12H,3-9H2,1-2H3/t10-,12-/m1/s1. The number of hydrogen-bond donors (Lipinski definition) is 0. The van der Waals surface area contributed by atoms with Gasteiger partial charge in [0.15, 0.2) is 0 Å². The molecule has 2 nitrogen and oxygen atoms in total. The highest BCUT2D eigenvalue weighted by atomic mass is 16.5. The van der Waals surface area contributed by atoms with Crippen LogP contribution in [0.1, 0.15) is 52.4 Å². The molecule has 0 aliphatic heterocycles. The summed E-state index contributed by atoms with van der Waals surface area (Å²) in [6.07, 6.45) is 6.95. The molecule has 0 unspecified atom stereocenters. The first-order valence-corrected chi connectivity index (χ1v) is 5.93. The van der Waals surface area contributed by atoms with Gasteiger partial charge in [-0.25, -0.2) is 0 Å². The Hall–Kier alpha value is -0.370. The topological polar surface area (TPSA) is 26.3 Å². The number of unbranched alkanes of at least 4 members (excludes halogenated alkanes) is 3. The lowest BCUT2D eigenvalue weighted by molar-refractivity contribution is -0.145. The number of ketones is 1. The van der Waals surface area contributed by atoms with Gasteiger partial charge in [0.25, 0.3) is 0 Å². The summed E-state index contributed by atoms with van der Waals surface area (Å²) < 4.78 is 5.50. The summed E-state index contributed by atoms with van der Waals surface area (Å²) >= 11 is 0. The van der Waals surface area contributed by atoms with Gasteiger partial charge in [0, 0.05) is 18.9 Å². The number of carbonyl (C=O) groups excluding carboxylic acids is 1. The zero-order chi connectivity index (χ0) is 10.4. The molecule has 0 aromatic heterocycles. The summed E-state index contributed by atoms with van der Waals surface area (Å²) in [5.74, 6) is 0.645. The number of Topliss-reactive ketones (excluding diaryl/α,β-unsaturated/α-hetero) is 1. The summed E-state index contributed by atoms with van der Waals surface area (Å²) in [6, 6.07) is 0. The van der Waals surface area contributed by atoms with Gasteiger partial charge >= 0.3 is 0 Å². The van der Waals surface area contributed by atoms with Crippen molar-refractivity contribution in [3.05, 3.63) is 0 Å². The lowest BCUT2D eigenvalue weighted by Crippen LogP contribution is -2.43. The van der Waals surface area contributed by atoms with Crippen LogP contribution in [0.25, 0.3) is 0 Å². The van der Waals surface area contributed by atoms with Crippen LogP contribution in [-0.4, -0.2) is 18.5 Å². The normalized spacial score (nSPS) is 26.3. The summed E-state index contributed by atoms with van der Waals surface area (Å²) in [7, 11) is 0. The molecule has 1 saturated carbocycles. The van der Waals surface area contributed by atoms with Crippen LogP contribution in [0, 0.1) is 5.92 Å². The van der Waals surface area contributed by atoms with E-state index in [1.165, 1.54) is 25.7 Å². The minimum atomic E-state index is 0.229. The van der Waals surface area contributed by atoms with Gasteiger partial charge in [0.1, 0.15) is 5.78 Å². The van der Waals surface area contributed by atoms with Crippen LogP contribution >= 0.6 is 0 Å². The van der Waals surface area contributed by atoms with E-state index in [4.69, 9.17) is 4.74 Å². The van der Waals surface area contributed by atoms with Gasteiger partial charge < -0.3 is 4.74 Å². The molecule has 0 amide bonds. The highest BCUT2D eigenvalue weighted by Gasteiger charge is 2.39. The molecule has 0 saturated heterocycles. The Morgan fingerprint density at radius 3 is 2.64 bits per heavy atom. The predicted molar refractivity (Wildman–Crippen MR) is 57.3 cm³/mol. The highest BCUT2D eigenvalue weighted by molar-refractivity contribution is 5.88. The Kier molecular flexibility index (Phi) is 5.16. The van der Waals surface area contributed by atoms with Crippen molar-refractivity contribution in [1.82, 2.24) is 0 Å². The van der Waals surface area contributed by atoms with Gasteiger partial charge in [0.2, 0.25) is 0 Å². The molecule has 0 bridgehead atoms. The van der Waals surface area contributed by atoms with E-state index in [2.05, 4.69) is 6.92 Å². The fourth-order valence-corrected chi connectivity index (χ4v) is 2.07. The van der Waals surface area contributed by atoms with E-state index in [0.717, 1.165) is 13.0 Å². The molecule has 14 heavy (non-hydrogen) atoms. The summed E-state index contributed by atoms with van der Waals surface area (Å²) in [4.78, 5) is 11.3. The van der Waals surface area contributed by atoms with Crippen LogP contribution in [0.2, 0.25) is 0 Å². The number of ether oxygens (including phenoxy) is 1. The summed E-state index contributed by atoms with van der Waals surface area (Å²) in [5.41, 5.74) is 0. The molecular weight excluding hydrogens is 176 g/mol. The smallest absolute Gasteiger partial charge is 0.141 e. The Bertz CT molecular complexity index is 177. The van der Waals surface area contributed by atoms with Gasteiger partial charge in [-0.3, -0.25) is 4.79 Å². The van der Waals surface area contributed by atoms with Crippen molar-refractivity contribution in [2.75, 3.05) is 6.61 Å². The lowest BCUT2D eigenvalue weighted by atomic mass is 9.77. The monoisotopic (exact) mass is 198 g/mol. The van der Waals surface area contributed by atoms with E-state index >= 15 is 0 Å². The third-order valence-electron chi connectivity index (χ3n) is 3.01. The van der Waals surface area contributed by atoms with Crippen molar-refractivity contribution in [2.45, 2.75) is 58.5 Å². The molecule has 0 aromatic carbocycles. The molecule has 1 rings (SSSR count). The van der Waals surface area contributed by atoms with E-state index in [9.17, 15) is 4.79 Å². The third-order valence-corrected chi connectivity index (χ3v) is 3.01. The molecule has 0 N–H and O–H groups in total. The van der Waals surface area contributed by atoms with E-state index in [1.807, 2.05) is 6.92 Å². The van der Waals surface area contributed by atoms with Gasteiger partial charge in [-0.05, 0) is 13.3 Å². The van der Waals surface area contributed by atoms with Gasteiger partial charge in [-0.2, -0.15) is 0 Å². The molecule has 2 heteroatoms. The van der Waals surface area contributed by atoms with Crippen LogP contribution in [0.4, 0.5) is 0 Å². The SMILES string of the molecule is CCCCCC[C@@H]1C(=O)C[C@H]1OCC. The second-order valence-electron chi connectivity index (χ2n) is 4.12. The van der Waals surface area contributed by atoms with E-state index < -0.39 is 0 Å². The van der Waals surface area contributed by atoms with Crippen molar-refractivity contribution in [2.24, 2.45) is 5.92 Å². The largest absolute Gasteiger partial charge is 0.377 e. The summed E-state index contributed by atoms with van der Waals surface area (Å²) in [5, 5.41) is 0. The predicted octanol–water partition coefficient (Wildman–Crippen LogP) is 2.95. The zero-order valence-electron chi connectivity index (χ0n) is 9.42. The van der Waals surface area contributed by atoms with Crippen LogP contribution in [0.3, 0.4) is 0 Å². The Labute approximate surface area is 87.0 Å². The average Bonchev–Trinajstić information content (AvgIpc) is 2.17. The molecule has 1 aliphatic rings. The zero-order valence-corrected chi connectivity index (χ0v) is 9.42. The van der Waals surface area contributed by atoms with Crippen LogP contribution < -0.4 is 0 Å². The fraction of sp³-hybridized carbons (Fsp3) is 0.917. The lowest BCUT2D eigenvalue weighted by Gasteiger charge is -2.34. The molecule has 0 radical (unpaired) electrons. The fourth-order valence-electron chi connectivity index (χ4n) is 2.07. The maximum absolute atomic E-state index is 11.3. The molecular formula is C12H22O2. The quantitative estimate of drug-likeness (QED) is 0.588. The van der Waals surface area contributed by atoms with Crippen LogP contribution in [-0.2, 0) is 9.53 Å². The van der Waals surface area contributed by atoms with Gasteiger partial charge in [0.05, 0.1) is 6.10 Å². The molecule has 2 atom stereocenters. The highest BCUT2D eigenvalue weighted by Crippen LogP contribution is 2.31. The number of carbonyl (C=O) groups is 1. The maximum Gasteiger partial charge on any atom is 0.141 e. The third kappa shape index (κ3) is 3.09. The van der Waals surface area contributed by atoms with Crippen LogP contribution in [0.5, 0.6) is 0 Å². The molecule has 1 aliphatic carbocycles. The maximum atomic E-state index is 11.3. The minimum Gasteiger partial charge on any atom is -0.377 e. The first kappa shape index (κ1) is 11.7. The molecule has 0 aromatic rings. The van der Waals surface area contributed by atoms with Crippen molar-refractivity contribution in [3.8, 4) is 0 Å². The van der Waals surface area contributed by atoms with Crippen molar-refractivity contribution in [1.29, 1.82) is 0 Å². The van der Waals surface area contributed by atoms with E-state index in [-0.39, 0.29) is 12.0 Å². The molecule has 1 fully saturated rings. The molecule has 0 spiro atoms. The average molecular weight is 198 g/mol. The number of rotatable bonds is 7. The van der Waals surface area contributed by atoms with E-state index in [1.54, 1.807) is 0 Å². The van der Waals surface area contributed by atoms with Crippen LogP contribution in [0.15, 0.2) is 0 Å². The summed E-state index contributed by atoms with van der Waals surface area (Å²) in [6.45, 7) is 4.94. The van der Waals surface area contributed by atoms with Crippen molar-refractivity contribution in [3.63, 3.8) is 0 Å². The first-order chi connectivity index (χ1) is 6.79. The van der Waals surface area contributed by atoms with Gasteiger partial charge in [-0.15, -0.1) is 0 Å². The number of hydrogen-bond acceptors (Lipinski definition) is 2. The Balaban J connectivity index is 2.12. The van der Waals surface area contributed by atoms with Crippen molar-refractivity contribution < 1.29 is 9.53 Å². The molecule has 82 valence electrons. The van der Waals surface area contributed by atoms with Gasteiger partial charge in [-0.1, -0.05) is 32.6 Å². The Morgan fingerprint density at radius 2 is 2.07 bits per heavy atom. The van der Waals surface area contributed by atoms with Crippen molar-refractivity contribution >= 4 is 5.78 Å². The second kappa shape index (κ2) is 6.18. The minimum absolute atomic E-state index is 0.229. The molecule has 0 heterocycles.